The van der Waals surface area contributed by atoms with Gasteiger partial charge in [-0.3, -0.25) is 0 Å². The molecule has 1 saturated heterocycles. The molecule has 0 atom stereocenters. The Balaban J connectivity index is 2.55. The highest BCUT2D eigenvalue weighted by Crippen LogP contribution is 2.14. The highest BCUT2D eigenvalue weighted by molar-refractivity contribution is 7.86. The molecule has 0 radical (unpaired) electrons. The predicted molar refractivity (Wildman–Crippen MR) is 60.9 cm³/mol. The first kappa shape index (κ1) is 12.9. The molecular weight excluding hydrogens is 214 g/mol. The first-order valence-electron chi connectivity index (χ1n) is 5.45. The summed E-state index contributed by atoms with van der Waals surface area (Å²) >= 11 is 0. The van der Waals surface area contributed by atoms with E-state index in [1.807, 2.05) is 7.05 Å². The van der Waals surface area contributed by atoms with E-state index in [1.54, 1.807) is 11.4 Å². The van der Waals surface area contributed by atoms with Crippen LogP contribution < -0.4 is 5.32 Å². The van der Waals surface area contributed by atoms with Crippen LogP contribution in [-0.4, -0.2) is 57.3 Å². The zero-order valence-electron chi connectivity index (χ0n) is 9.57. The molecule has 0 saturated carbocycles. The average Bonchev–Trinajstić information content (AvgIpc) is 2.27. The maximum Gasteiger partial charge on any atom is 0.281 e. The van der Waals surface area contributed by atoms with Crippen molar-refractivity contribution in [2.45, 2.75) is 19.3 Å². The normalized spacial score (nSPS) is 19.7. The van der Waals surface area contributed by atoms with Crippen LogP contribution in [0.2, 0.25) is 0 Å². The van der Waals surface area contributed by atoms with Crippen molar-refractivity contribution >= 4 is 10.2 Å². The Hall–Kier alpha value is -0.170. The molecule has 6 heteroatoms. The van der Waals surface area contributed by atoms with Gasteiger partial charge in [-0.05, 0) is 19.9 Å². The fraction of sp³-hybridized carbons (Fsp3) is 1.00. The minimum absolute atomic E-state index is 0.523. The van der Waals surface area contributed by atoms with Crippen molar-refractivity contribution in [2.75, 3.05) is 40.3 Å². The molecule has 1 heterocycles. The van der Waals surface area contributed by atoms with Crippen molar-refractivity contribution in [3.8, 4) is 0 Å². The minimum atomic E-state index is -3.21. The van der Waals surface area contributed by atoms with Crippen LogP contribution in [-0.2, 0) is 10.2 Å². The van der Waals surface area contributed by atoms with E-state index in [1.165, 1.54) is 4.31 Å². The lowest BCUT2D eigenvalue weighted by Gasteiger charge is -2.30. The summed E-state index contributed by atoms with van der Waals surface area (Å²) < 4.78 is 27.0. The molecule has 0 aliphatic carbocycles. The topological polar surface area (TPSA) is 52.7 Å². The summed E-state index contributed by atoms with van der Waals surface area (Å²) in [6, 6.07) is 0. The van der Waals surface area contributed by atoms with Crippen LogP contribution in [0.15, 0.2) is 0 Å². The van der Waals surface area contributed by atoms with Crippen molar-refractivity contribution in [1.29, 1.82) is 0 Å². The summed E-state index contributed by atoms with van der Waals surface area (Å²) in [5.74, 6) is 0. The molecule has 1 fully saturated rings. The predicted octanol–water partition coefficient (Wildman–Crippen LogP) is -0.132. The minimum Gasteiger partial charge on any atom is -0.318 e. The maximum atomic E-state index is 12.0. The molecule has 1 aliphatic heterocycles. The average molecular weight is 235 g/mol. The zero-order valence-corrected chi connectivity index (χ0v) is 10.4. The quantitative estimate of drug-likeness (QED) is 0.722. The second-order valence-electron chi connectivity index (χ2n) is 3.89. The molecule has 90 valence electrons. The second kappa shape index (κ2) is 5.79. The third-order valence-electron chi connectivity index (χ3n) is 2.71. The largest absolute Gasteiger partial charge is 0.318 e. The molecule has 0 unspecified atom stereocenters. The van der Waals surface area contributed by atoms with Crippen LogP contribution in [0.4, 0.5) is 0 Å². The van der Waals surface area contributed by atoms with E-state index in [9.17, 15) is 8.42 Å². The summed E-state index contributed by atoms with van der Waals surface area (Å²) in [6.07, 6.45) is 3.12. The number of nitrogens with one attached hydrogen (secondary N) is 1. The summed E-state index contributed by atoms with van der Waals surface area (Å²) in [5, 5.41) is 2.95. The first-order chi connectivity index (χ1) is 7.09. The molecule has 0 amide bonds. The molecule has 0 bridgehead atoms. The molecule has 1 rings (SSSR count). The Morgan fingerprint density at radius 3 is 2.40 bits per heavy atom. The Bertz CT molecular complexity index is 273. The smallest absolute Gasteiger partial charge is 0.281 e. The number of piperidine rings is 1. The Morgan fingerprint density at radius 2 is 1.87 bits per heavy atom. The number of rotatable bonds is 5. The van der Waals surface area contributed by atoms with Gasteiger partial charge in [0.15, 0.2) is 0 Å². The molecule has 15 heavy (non-hydrogen) atoms. The monoisotopic (exact) mass is 235 g/mol. The van der Waals surface area contributed by atoms with Gasteiger partial charge in [0.25, 0.3) is 10.2 Å². The van der Waals surface area contributed by atoms with Crippen molar-refractivity contribution in [2.24, 2.45) is 0 Å². The fourth-order valence-electron chi connectivity index (χ4n) is 1.68. The summed E-state index contributed by atoms with van der Waals surface area (Å²) in [7, 11) is 0.253. The van der Waals surface area contributed by atoms with Crippen LogP contribution >= 0.6 is 0 Å². The van der Waals surface area contributed by atoms with Crippen LogP contribution in [0, 0.1) is 0 Å². The summed E-state index contributed by atoms with van der Waals surface area (Å²) in [5.41, 5.74) is 0. The number of hydrogen-bond acceptors (Lipinski definition) is 3. The molecule has 0 aromatic carbocycles. The molecule has 0 aromatic heterocycles. The Morgan fingerprint density at radius 1 is 1.27 bits per heavy atom. The standard InChI is InChI=1S/C9H21N3O2S/c1-10-6-9-11(2)15(13,14)12-7-4-3-5-8-12/h10H,3-9H2,1-2H3. The van der Waals surface area contributed by atoms with Gasteiger partial charge >= 0.3 is 0 Å². The molecule has 1 N–H and O–H groups in total. The summed E-state index contributed by atoms with van der Waals surface area (Å²) in [6.45, 7) is 2.55. The van der Waals surface area contributed by atoms with E-state index >= 15 is 0 Å². The van der Waals surface area contributed by atoms with Crippen LogP contribution in [0.1, 0.15) is 19.3 Å². The van der Waals surface area contributed by atoms with E-state index in [-0.39, 0.29) is 0 Å². The number of likely N-dealkylation sites (N-methyl/N-ethyl adjacent to an activating group) is 2. The number of nitrogens with zero attached hydrogens (tertiary/aromatic N) is 2. The SMILES string of the molecule is CNCCN(C)S(=O)(=O)N1CCCCC1. The van der Waals surface area contributed by atoms with Gasteiger partial charge in [0, 0.05) is 33.2 Å². The van der Waals surface area contributed by atoms with Crippen LogP contribution in [0.25, 0.3) is 0 Å². The second-order valence-corrected chi connectivity index (χ2v) is 5.93. The van der Waals surface area contributed by atoms with Gasteiger partial charge in [-0.15, -0.1) is 0 Å². The van der Waals surface area contributed by atoms with E-state index in [4.69, 9.17) is 0 Å². The summed E-state index contributed by atoms with van der Waals surface area (Å²) in [4.78, 5) is 0. The molecule has 0 aromatic rings. The van der Waals surface area contributed by atoms with Gasteiger partial charge in [0.1, 0.15) is 0 Å². The van der Waals surface area contributed by atoms with Gasteiger partial charge in [-0.2, -0.15) is 17.0 Å². The van der Waals surface area contributed by atoms with Crippen molar-refractivity contribution in [3.05, 3.63) is 0 Å². The fourth-order valence-corrected chi connectivity index (χ4v) is 3.11. The molecule has 5 nitrogen and oxygen atoms in total. The highest BCUT2D eigenvalue weighted by Gasteiger charge is 2.27. The van der Waals surface area contributed by atoms with Gasteiger partial charge < -0.3 is 5.32 Å². The molecule has 1 aliphatic rings. The van der Waals surface area contributed by atoms with Gasteiger partial charge in [0.2, 0.25) is 0 Å². The molecular formula is C9H21N3O2S. The van der Waals surface area contributed by atoms with Gasteiger partial charge in [-0.1, -0.05) is 6.42 Å². The van der Waals surface area contributed by atoms with E-state index in [2.05, 4.69) is 5.32 Å². The highest BCUT2D eigenvalue weighted by atomic mass is 32.2. The third-order valence-corrected chi connectivity index (χ3v) is 4.70. The van der Waals surface area contributed by atoms with E-state index in [0.717, 1.165) is 19.3 Å². The lowest BCUT2D eigenvalue weighted by atomic mass is 10.2. The van der Waals surface area contributed by atoms with Crippen molar-refractivity contribution in [1.82, 2.24) is 13.9 Å². The van der Waals surface area contributed by atoms with Crippen molar-refractivity contribution < 1.29 is 8.42 Å². The Labute approximate surface area is 92.6 Å². The Kier molecular flexibility index (Phi) is 4.98. The lowest BCUT2D eigenvalue weighted by molar-refractivity contribution is 0.316. The van der Waals surface area contributed by atoms with Gasteiger partial charge in [0.05, 0.1) is 0 Å². The number of hydrogen-bond donors (Lipinski definition) is 1. The zero-order chi connectivity index (χ0) is 11.3. The lowest BCUT2D eigenvalue weighted by Crippen LogP contribution is -2.45. The third kappa shape index (κ3) is 3.41. The van der Waals surface area contributed by atoms with Gasteiger partial charge in [-0.25, -0.2) is 0 Å². The van der Waals surface area contributed by atoms with Crippen LogP contribution in [0.5, 0.6) is 0 Å². The first-order valence-corrected chi connectivity index (χ1v) is 6.84. The van der Waals surface area contributed by atoms with E-state index < -0.39 is 10.2 Å². The maximum absolute atomic E-state index is 12.0. The van der Waals surface area contributed by atoms with E-state index in [0.29, 0.717) is 26.2 Å². The molecule has 0 spiro atoms. The van der Waals surface area contributed by atoms with Crippen LogP contribution in [0.3, 0.4) is 0 Å². The van der Waals surface area contributed by atoms with Crippen molar-refractivity contribution in [3.63, 3.8) is 0 Å².